The minimum absolute atomic E-state index is 0.210. The van der Waals surface area contributed by atoms with Crippen LogP contribution < -0.4 is 0 Å². The van der Waals surface area contributed by atoms with Gasteiger partial charge in [-0.1, -0.05) is 56.7 Å². The van der Waals surface area contributed by atoms with Crippen LogP contribution in [0.4, 0.5) is 4.39 Å². The second-order valence-electron chi connectivity index (χ2n) is 6.05. The number of nitrogens with zero attached hydrogens (tertiary/aromatic N) is 1. The van der Waals surface area contributed by atoms with Crippen LogP contribution in [0.1, 0.15) is 31.4 Å². The molecule has 0 saturated carbocycles. The molecule has 2 heteroatoms. The van der Waals surface area contributed by atoms with E-state index in [1.54, 1.807) is 6.07 Å². The van der Waals surface area contributed by atoms with Crippen molar-refractivity contribution in [3.63, 3.8) is 0 Å². The molecule has 24 heavy (non-hydrogen) atoms. The number of hydrogen-bond acceptors (Lipinski definition) is 1. The monoisotopic (exact) mass is 319 g/mol. The molecule has 0 spiro atoms. The second-order valence-corrected chi connectivity index (χ2v) is 6.05. The fourth-order valence-corrected chi connectivity index (χ4v) is 2.86. The fraction of sp³-hybridized carbons (Fsp3) is 0.227. The minimum Gasteiger partial charge on any atom is -0.256 e. The highest BCUT2D eigenvalue weighted by Crippen LogP contribution is 2.25. The largest absolute Gasteiger partial charge is 0.256 e. The molecule has 0 amide bonds. The highest BCUT2D eigenvalue weighted by molar-refractivity contribution is 5.67. The van der Waals surface area contributed by atoms with Crippen molar-refractivity contribution in [2.45, 2.75) is 33.1 Å². The van der Waals surface area contributed by atoms with Crippen molar-refractivity contribution in [3.05, 3.63) is 77.7 Å². The maximum absolute atomic E-state index is 14.2. The van der Waals surface area contributed by atoms with Crippen molar-refractivity contribution in [2.24, 2.45) is 0 Å². The lowest BCUT2D eigenvalue weighted by molar-refractivity contribution is 0.628. The van der Waals surface area contributed by atoms with Crippen LogP contribution in [-0.4, -0.2) is 4.98 Å². The summed E-state index contributed by atoms with van der Waals surface area (Å²) in [5.74, 6) is -0.210. The normalized spacial score (nSPS) is 10.8. The third-order valence-corrected chi connectivity index (χ3v) is 4.31. The highest BCUT2D eigenvalue weighted by atomic mass is 19.1. The van der Waals surface area contributed by atoms with Gasteiger partial charge in [-0.15, -0.1) is 0 Å². The van der Waals surface area contributed by atoms with Crippen LogP contribution in [0.2, 0.25) is 0 Å². The molecule has 1 aromatic heterocycles. The Morgan fingerprint density at radius 3 is 2.12 bits per heavy atom. The van der Waals surface area contributed by atoms with Crippen LogP contribution >= 0.6 is 0 Å². The number of hydrogen-bond donors (Lipinski definition) is 0. The molecule has 1 nitrogen and oxygen atoms in total. The Balaban J connectivity index is 1.85. The van der Waals surface area contributed by atoms with Crippen LogP contribution in [0.15, 0.2) is 60.8 Å². The predicted molar refractivity (Wildman–Crippen MR) is 98.4 cm³/mol. The van der Waals surface area contributed by atoms with Crippen molar-refractivity contribution in [1.82, 2.24) is 4.98 Å². The summed E-state index contributed by atoms with van der Waals surface area (Å²) in [6.07, 6.45) is 4.90. The first kappa shape index (κ1) is 16.4. The standard InChI is InChI=1S/C22H22FN/c1-3-5-17-6-9-18(10-7-17)19-11-13-22(24-15-19)20-12-8-16(4-2)14-21(20)23/h6-15H,3-5H2,1-2H3. The fourth-order valence-electron chi connectivity index (χ4n) is 2.86. The number of rotatable bonds is 5. The zero-order valence-electron chi connectivity index (χ0n) is 14.2. The number of pyridine rings is 1. The number of benzene rings is 2. The topological polar surface area (TPSA) is 12.9 Å². The average Bonchev–Trinajstić information content (AvgIpc) is 2.63. The molecule has 0 radical (unpaired) electrons. The van der Waals surface area contributed by atoms with Gasteiger partial charge in [-0.2, -0.15) is 0 Å². The molecule has 2 aromatic carbocycles. The Hall–Kier alpha value is -2.48. The van der Waals surface area contributed by atoms with Gasteiger partial charge in [-0.05, 0) is 47.7 Å². The van der Waals surface area contributed by atoms with E-state index >= 15 is 0 Å². The lowest BCUT2D eigenvalue weighted by atomic mass is 10.0. The summed E-state index contributed by atoms with van der Waals surface area (Å²) in [6, 6.07) is 17.8. The molecule has 0 saturated heterocycles. The van der Waals surface area contributed by atoms with E-state index in [1.807, 2.05) is 37.4 Å². The van der Waals surface area contributed by atoms with E-state index in [9.17, 15) is 4.39 Å². The molecule has 0 aliphatic rings. The van der Waals surface area contributed by atoms with Crippen molar-refractivity contribution in [3.8, 4) is 22.4 Å². The van der Waals surface area contributed by atoms with E-state index in [4.69, 9.17) is 0 Å². The number of aromatic nitrogens is 1. The lowest BCUT2D eigenvalue weighted by Gasteiger charge is -2.07. The molecule has 0 aliphatic carbocycles. The molecule has 122 valence electrons. The summed E-state index contributed by atoms with van der Waals surface area (Å²) in [5.41, 5.74) is 5.76. The number of halogens is 1. The summed E-state index contributed by atoms with van der Waals surface area (Å²) in [5, 5.41) is 0. The van der Waals surface area contributed by atoms with Gasteiger partial charge in [0.05, 0.1) is 5.69 Å². The third-order valence-electron chi connectivity index (χ3n) is 4.31. The maximum atomic E-state index is 14.2. The zero-order valence-corrected chi connectivity index (χ0v) is 14.2. The molecule has 0 N–H and O–H groups in total. The average molecular weight is 319 g/mol. The smallest absolute Gasteiger partial charge is 0.132 e. The van der Waals surface area contributed by atoms with E-state index in [1.165, 1.54) is 5.56 Å². The quantitative estimate of drug-likeness (QED) is 0.556. The second kappa shape index (κ2) is 7.39. The molecule has 0 atom stereocenters. The first-order valence-corrected chi connectivity index (χ1v) is 8.55. The van der Waals surface area contributed by atoms with Gasteiger partial charge in [0.2, 0.25) is 0 Å². The summed E-state index contributed by atoms with van der Waals surface area (Å²) < 4.78 is 14.2. The SMILES string of the molecule is CCCc1ccc(-c2ccc(-c3ccc(CC)cc3F)nc2)cc1. The van der Waals surface area contributed by atoms with Crippen LogP contribution in [0, 0.1) is 5.82 Å². The Kier molecular flexibility index (Phi) is 5.05. The summed E-state index contributed by atoms with van der Waals surface area (Å²) in [7, 11) is 0. The molecule has 0 bridgehead atoms. The van der Waals surface area contributed by atoms with Crippen molar-refractivity contribution in [2.75, 3.05) is 0 Å². The van der Waals surface area contributed by atoms with Crippen LogP contribution in [0.25, 0.3) is 22.4 Å². The van der Waals surface area contributed by atoms with Crippen LogP contribution in [0.3, 0.4) is 0 Å². The Labute approximate surface area is 143 Å². The van der Waals surface area contributed by atoms with Crippen LogP contribution in [-0.2, 0) is 12.8 Å². The van der Waals surface area contributed by atoms with E-state index in [0.29, 0.717) is 11.3 Å². The van der Waals surface area contributed by atoms with E-state index in [0.717, 1.165) is 36.0 Å². The lowest BCUT2D eigenvalue weighted by Crippen LogP contribution is -1.91. The molecule has 0 aliphatic heterocycles. The highest BCUT2D eigenvalue weighted by Gasteiger charge is 2.08. The number of aryl methyl sites for hydroxylation is 2. The van der Waals surface area contributed by atoms with Gasteiger partial charge in [-0.25, -0.2) is 4.39 Å². The summed E-state index contributed by atoms with van der Waals surface area (Å²) in [6.45, 7) is 4.20. The van der Waals surface area contributed by atoms with Gasteiger partial charge >= 0.3 is 0 Å². The molecule has 3 rings (SSSR count). The van der Waals surface area contributed by atoms with Gasteiger partial charge in [0.25, 0.3) is 0 Å². The Morgan fingerprint density at radius 1 is 0.833 bits per heavy atom. The predicted octanol–water partition coefficient (Wildman–Crippen LogP) is 6.07. The van der Waals surface area contributed by atoms with Crippen LogP contribution in [0.5, 0.6) is 0 Å². The van der Waals surface area contributed by atoms with Gasteiger partial charge in [-0.3, -0.25) is 4.98 Å². The molecule has 0 unspecified atom stereocenters. The van der Waals surface area contributed by atoms with Crippen molar-refractivity contribution in [1.29, 1.82) is 0 Å². The molecule has 0 fully saturated rings. The molecule has 3 aromatic rings. The molecule has 1 heterocycles. The Bertz CT molecular complexity index is 804. The van der Waals surface area contributed by atoms with Crippen molar-refractivity contribution < 1.29 is 4.39 Å². The molecular weight excluding hydrogens is 297 g/mol. The molecular formula is C22H22FN. The van der Waals surface area contributed by atoms with E-state index in [-0.39, 0.29) is 5.82 Å². The Morgan fingerprint density at radius 2 is 1.54 bits per heavy atom. The van der Waals surface area contributed by atoms with Gasteiger partial charge in [0.1, 0.15) is 5.82 Å². The van der Waals surface area contributed by atoms with E-state index in [2.05, 4.69) is 36.2 Å². The summed E-state index contributed by atoms with van der Waals surface area (Å²) in [4.78, 5) is 4.46. The first-order valence-electron chi connectivity index (χ1n) is 8.55. The maximum Gasteiger partial charge on any atom is 0.132 e. The summed E-state index contributed by atoms with van der Waals surface area (Å²) >= 11 is 0. The first-order chi connectivity index (χ1) is 11.7. The van der Waals surface area contributed by atoms with Gasteiger partial charge in [0.15, 0.2) is 0 Å². The van der Waals surface area contributed by atoms with E-state index < -0.39 is 0 Å². The van der Waals surface area contributed by atoms with Gasteiger partial charge in [0, 0.05) is 17.3 Å². The van der Waals surface area contributed by atoms with Crippen molar-refractivity contribution >= 4 is 0 Å². The minimum atomic E-state index is -0.210. The zero-order chi connectivity index (χ0) is 16.9. The third kappa shape index (κ3) is 3.53. The van der Waals surface area contributed by atoms with Gasteiger partial charge < -0.3 is 0 Å².